The molecule has 0 unspecified atom stereocenters. The van der Waals surface area contributed by atoms with Crippen molar-refractivity contribution in [2.45, 2.75) is 13.0 Å². The van der Waals surface area contributed by atoms with E-state index in [1.807, 2.05) is 37.3 Å². The Bertz CT molecular complexity index is 525. The van der Waals surface area contributed by atoms with E-state index in [0.717, 1.165) is 10.6 Å². The smallest absolute Gasteiger partial charge is 0.271 e. The van der Waals surface area contributed by atoms with Gasteiger partial charge in [-0.15, -0.1) is 11.3 Å². The number of thiazole rings is 1. The molecule has 1 atom stereocenters. The second-order valence-corrected chi connectivity index (χ2v) is 4.93. The van der Waals surface area contributed by atoms with Gasteiger partial charge in [-0.2, -0.15) is 0 Å². The van der Waals surface area contributed by atoms with Crippen molar-refractivity contribution in [3.8, 4) is 0 Å². The first-order valence-electron chi connectivity index (χ1n) is 5.59. The van der Waals surface area contributed by atoms with Crippen molar-refractivity contribution in [2.24, 2.45) is 0 Å². The second kappa shape index (κ2) is 5.75. The van der Waals surface area contributed by atoms with Crippen molar-refractivity contribution in [3.05, 3.63) is 52.0 Å². The third-order valence-electron chi connectivity index (χ3n) is 2.54. The first-order chi connectivity index (χ1) is 8.70. The van der Waals surface area contributed by atoms with Gasteiger partial charge in [0.15, 0.2) is 0 Å². The molecule has 0 spiro atoms. The first-order valence-corrected chi connectivity index (χ1v) is 6.47. The number of hydrogen-bond acceptors (Lipinski definition) is 4. The van der Waals surface area contributed by atoms with E-state index in [-0.39, 0.29) is 12.5 Å². The lowest BCUT2D eigenvalue weighted by atomic mass is 10.1. The molecule has 0 radical (unpaired) electrons. The van der Waals surface area contributed by atoms with Crippen molar-refractivity contribution in [2.75, 3.05) is 6.61 Å². The summed E-state index contributed by atoms with van der Waals surface area (Å²) >= 11 is 1.43. The fourth-order valence-electron chi connectivity index (χ4n) is 1.62. The Morgan fingerprint density at radius 3 is 2.72 bits per heavy atom. The Morgan fingerprint density at radius 1 is 1.44 bits per heavy atom. The lowest BCUT2D eigenvalue weighted by molar-refractivity contribution is 0.0911. The third kappa shape index (κ3) is 2.94. The number of benzene rings is 1. The zero-order valence-electron chi connectivity index (χ0n) is 9.96. The zero-order valence-corrected chi connectivity index (χ0v) is 10.8. The second-order valence-electron chi connectivity index (χ2n) is 3.87. The lowest BCUT2D eigenvalue weighted by Crippen LogP contribution is -2.31. The monoisotopic (exact) mass is 262 g/mol. The number of carbonyl (C=O) groups is 1. The van der Waals surface area contributed by atoms with Gasteiger partial charge in [-0.1, -0.05) is 30.3 Å². The molecule has 1 heterocycles. The first kappa shape index (κ1) is 12.7. The van der Waals surface area contributed by atoms with E-state index in [1.54, 1.807) is 5.38 Å². The van der Waals surface area contributed by atoms with Crippen molar-refractivity contribution < 1.29 is 9.90 Å². The fourth-order valence-corrected chi connectivity index (χ4v) is 2.21. The maximum Gasteiger partial charge on any atom is 0.271 e. The molecule has 1 aromatic heterocycles. The van der Waals surface area contributed by atoms with Crippen molar-refractivity contribution in [1.29, 1.82) is 0 Å². The predicted octanol–water partition coefficient (Wildman–Crippen LogP) is 1.91. The number of hydrogen-bond donors (Lipinski definition) is 2. The number of aliphatic hydroxyl groups excluding tert-OH is 1. The van der Waals surface area contributed by atoms with Crippen LogP contribution in [-0.2, 0) is 0 Å². The standard InChI is InChI=1S/C13H14N2O2S/c1-9-14-12(8-18-9)13(17)15-11(7-16)10-5-3-2-4-6-10/h2-6,8,11,16H,7H2,1H3,(H,15,17)/t11-/m1/s1. The minimum Gasteiger partial charge on any atom is -0.394 e. The van der Waals surface area contributed by atoms with Gasteiger partial charge in [0.2, 0.25) is 0 Å². The van der Waals surface area contributed by atoms with Gasteiger partial charge in [0.25, 0.3) is 5.91 Å². The van der Waals surface area contributed by atoms with Crippen LogP contribution in [0, 0.1) is 6.92 Å². The van der Waals surface area contributed by atoms with E-state index < -0.39 is 6.04 Å². The normalized spacial score (nSPS) is 12.1. The summed E-state index contributed by atoms with van der Waals surface area (Å²) in [5.74, 6) is -0.262. The summed E-state index contributed by atoms with van der Waals surface area (Å²) in [6.07, 6.45) is 0. The molecule has 1 amide bonds. The highest BCUT2D eigenvalue weighted by atomic mass is 32.1. The summed E-state index contributed by atoms with van der Waals surface area (Å²) in [5.41, 5.74) is 1.27. The molecule has 0 bridgehead atoms. The Kier molecular flexibility index (Phi) is 4.07. The van der Waals surface area contributed by atoms with Crippen molar-refractivity contribution >= 4 is 17.2 Å². The average molecular weight is 262 g/mol. The number of aromatic nitrogens is 1. The van der Waals surface area contributed by atoms with E-state index >= 15 is 0 Å². The van der Waals surface area contributed by atoms with Gasteiger partial charge in [0, 0.05) is 5.38 Å². The van der Waals surface area contributed by atoms with Crippen LogP contribution in [0.3, 0.4) is 0 Å². The Hall–Kier alpha value is -1.72. The van der Waals surface area contributed by atoms with Crippen LogP contribution >= 0.6 is 11.3 Å². The van der Waals surface area contributed by atoms with E-state index in [4.69, 9.17) is 0 Å². The predicted molar refractivity (Wildman–Crippen MR) is 70.6 cm³/mol. The third-order valence-corrected chi connectivity index (χ3v) is 3.32. The molecule has 0 aliphatic heterocycles. The molecule has 0 saturated carbocycles. The van der Waals surface area contributed by atoms with Crippen molar-refractivity contribution in [1.82, 2.24) is 10.3 Å². The summed E-state index contributed by atoms with van der Waals surface area (Å²) in [5, 5.41) is 14.7. The Labute approximate surface area is 109 Å². The maximum absolute atomic E-state index is 11.9. The molecule has 0 fully saturated rings. The Balaban J connectivity index is 2.10. The van der Waals surface area contributed by atoms with Gasteiger partial charge in [-0.05, 0) is 12.5 Å². The van der Waals surface area contributed by atoms with E-state index in [2.05, 4.69) is 10.3 Å². The van der Waals surface area contributed by atoms with Gasteiger partial charge < -0.3 is 10.4 Å². The van der Waals surface area contributed by atoms with Gasteiger partial charge in [0.05, 0.1) is 17.7 Å². The molecule has 4 nitrogen and oxygen atoms in total. The van der Waals surface area contributed by atoms with Gasteiger partial charge in [-0.25, -0.2) is 4.98 Å². The molecular formula is C13H14N2O2S. The van der Waals surface area contributed by atoms with Crippen LogP contribution in [0.25, 0.3) is 0 Å². The van der Waals surface area contributed by atoms with Gasteiger partial charge in [0.1, 0.15) is 5.69 Å². The summed E-state index contributed by atoms with van der Waals surface area (Å²) < 4.78 is 0. The molecule has 0 saturated heterocycles. The van der Waals surface area contributed by atoms with Crippen LogP contribution in [0.5, 0.6) is 0 Å². The molecule has 18 heavy (non-hydrogen) atoms. The maximum atomic E-state index is 11.9. The number of carbonyl (C=O) groups excluding carboxylic acids is 1. The van der Waals surface area contributed by atoms with Gasteiger partial charge >= 0.3 is 0 Å². The number of rotatable bonds is 4. The highest BCUT2D eigenvalue weighted by molar-refractivity contribution is 7.09. The van der Waals surface area contributed by atoms with Crippen LogP contribution in [0.4, 0.5) is 0 Å². The molecule has 2 aromatic rings. The molecule has 94 valence electrons. The largest absolute Gasteiger partial charge is 0.394 e. The van der Waals surface area contributed by atoms with Crippen molar-refractivity contribution in [3.63, 3.8) is 0 Å². The van der Waals surface area contributed by atoms with Gasteiger partial charge in [-0.3, -0.25) is 4.79 Å². The minimum atomic E-state index is -0.402. The lowest BCUT2D eigenvalue weighted by Gasteiger charge is -2.15. The molecule has 2 rings (SSSR count). The van der Waals surface area contributed by atoms with Crippen LogP contribution in [0.2, 0.25) is 0 Å². The topological polar surface area (TPSA) is 62.2 Å². The van der Waals surface area contributed by atoms with Crippen LogP contribution in [0.1, 0.15) is 27.1 Å². The highest BCUT2D eigenvalue weighted by Crippen LogP contribution is 2.14. The number of nitrogens with zero attached hydrogens (tertiary/aromatic N) is 1. The van der Waals surface area contributed by atoms with Crippen LogP contribution in [0.15, 0.2) is 35.7 Å². The molecule has 5 heteroatoms. The molecular weight excluding hydrogens is 248 g/mol. The van der Waals surface area contributed by atoms with Crippen LogP contribution in [-0.4, -0.2) is 22.6 Å². The summed E-state index contributed by atoms with van der Waals surface area (Å²) in [4.78, 5) is 16.0. The number of aryl methyl sites for hydroxylation is 1. The van der Waals surface area contributed by atoms with E-state index in [0.29, 0.717) is 5.69 Å². The fraction of sp³-hybridized carbons (Fsp3) is 0.231. The Morgan fingerprint density at radius 2 is 2.17 bits per heavy atom. The molecule has 0 aliphatic carbocycles. The zero-order chi connectivity index (χ0) is 13.0. The number of aliphatic hydroxyl groups is 1. The summed E-state index contributed by atoms with van der Waals surface area (Å²) in [6.45, 7) is 1.71. The number of nitrogens with one attached hydrogen (secondary N) is 1. The summed E-state index contributed by atoms with van der Waals surface area (Å²) in [6, 6.07) is 8.97. The SMILES string of the molecule is Cc1nc(C(=O)N[C@H](CO)c2ccccc2)cs1. The highest BCUT2D eigenvalue weighted by Gasteiger charge is 2.16. The average Bonchev–Trinajstić information content (AvgIpc) is 2.83. The molecule has 2 N–H and O–H groups in total. The number of amides is 1. The van der Waals surface area contributed by atoms with E-state index in [1.165, 1.54) is 11.3 Å². The minimum absolute atomic E-state index is 0.140. The molecule has 1 aromatic carbocycles. The quantitative estimate of drug-likeness (QED) is 0.884. The van der Waals surface area contributed by atoms with Crippen LogP contribution < -0.4 is 5.32 Å². The summed E-state index contributed by atoms with van der Waals surface area (Å²) in [7, 11) is 0. The van der Waals surface area contributed by atoms with E-state index in [9.17, 15) is 9.90 Å². The molecule has 0 aliphatic rings.